The summed E-state index contributed by atoms with van der Waals surface area (Å²) in [6.07, 6.45) is 6.43. The number of hydrogen-bond acceptors (Lipinski definition) is 2. The van der Waals surface area contributed by atoms with Crippen LogP contribution >= 0.6 is 11.6 Å². The molecule has 2 rings (SSSR count). The van der Waals surface area contributed by atoms with Gasteiger partial charge >= 0.3 is 0 Å². The second-order valence-corrected chi connectivity index (χ2v) is 6.21. The van der Waals surface area contributed by atoms with Crippen molar-refractivity contribution in [2.75, 3.05) is 13.2 Å². The molecule has 1 unspecified atom stereocenters. The van der Waals surface area contributed by atoms with Gasteiger partial charge in [-0.2, -0.15) is 0 Å². The first-order chi connectivity index (χ1) is 9.70. The van der Waals surface area contributed by atoms with Crippen molar-refractivity contribution in [2.24, 2.45) is 5.92 Å². The molecule has 1 saturated carbocycles. The van der Waals surface area contributed by atoms with E-state index < -0.39 is 0 Å². The Labute approximate surface area is 127 Å². The summed E-state index contributed by atoms with van der Waals surface area (Å²) in [5, 5.41) is 4.19. The third-order valence-electron chi connectivity index (χ3n) is 4.16. The van der Waals surface area contributed by atoms with Gasteiger partial charge in [0.15, 0.2) is 0 Å². The topological polar surface area (TPSA) is 21.3 Å². The van der Waals surface area contributed by atoms with E-state index in [2.05, 4.69) is 25.2 Å². The van der Waals surface area contributed by atoms with E-state index in [1.165, 1.54) is 24.8 Å². The molecule has 1 aliphatic rings. The van der Waals surface area contributed by atoms with E-state index in [9.17, 15) is 0 Å². The van der Waals surface area contributed by atoms with Crippen molar-refractivity contribution in [3.63, 3.8) is 0 Å². The summed E-state index contributed by atoms with van der Waals surface area (Å²) in [7, 11) is 0. The number of nitrogens with one attached hydrogen (secondary N) is 1. The number of rotatable bonds is 8. The summed E-state index contributed by atoms with van der Waals surface area (Å²) in [6.45, 7) is 6.15. The van der Waals surface area contributed by atoms with E-state index in [0.717, 1.165) is 42.7 Å². The van der Waals surface area contributed by atoms with Crippen LogP contribution in [0.2, 0.25) is 5.02 Å². The molecule has 2 nitrogen and oxygen atoms in total. The van der Waals surface area contributed by atoms with Crippen molar-refractivity contribution in [1.82, 2.24) is 5.32 Å². The molecule has 1 aromatic rings. The van der Waals surface area contributed by atoms with Crippen molar-refractivity contribution in [1.29, 1.82) is 0 Å². The van der Waals surface area contributed by atoms with Gasteiger partial charge in [0.25, 0.3) is 0 Å². The molecule has 20 heavy (non-hydrogen) atoms. The Bertz CT molecular complexity index is 417. The van der Waals surface area contributed by atoms with Crippen LogP contribution in [0.25, 0.3) is 0 Å². The quantitative estimate of drug-likeness (QED) is 0.731. The average Bonchev–Trinajstić information content (AvgIpc) is 2.40. The van der Waals surface area contributed by atoms with Gasteiger partial charge in [-0.15, -0.1) is 0 Å². The maximum Gasteiger partial charge on any atom is 0.137 e. The second-order valence-electron chi connectivity index (χ2n) is 5.80. The highest BCUT2D eigenvalue weighted by Gasteiger charge is 2.17. The molecule has 0 radical (unpaired) electrons. The van der Waals surface area contributed by atoms with Crippen molar-refractivity contribution in [2.45, 2.75) is 52.0 Å². The first kappa shape index (κ1) is 15.7. The fraction of sp³-hybridized carbons (Fsp3) is 0.647. The van der Waals surface area contributed by atoms with Crippen LogP contribution < -0.4 is 10.1 Å². The molecule has 0 spiro atoms. The Morgan fingerprint density at radius 3 is 2.80 bits per heavy atom. The summed E-state index contributed by atoms with van der Waals surface area (Å²) in [5.74, 6) is 1.70. The van der Waals surface area contributed by atoms with Crippen molar-refractivity contribution >= 4 is 11.6 Å². The Morgan fingerprint density at radius 1 is 1.40 bits per heavy atom. The lowest BCUT2D eigenvalue weighted by molar-refractivity contribution is 0.222. The summed E-state index contributed by atoms with van der Waals surface area (Å²) in [4.78, 5) is 0. The number of hydrogen-bond donors (Lipinski definition) is 1. The minimum Gasteiger partial charge on any atom is -0.492 e. The SMILES string of the molecule is CCCNC(C)c1ccc(OCCC2CCC2)c(Cl)c1. The predicted octanol–water partition coefficient (Wildman–Crippen LogP) is 4.97. The van der Waals surface area contributed by atoms with Gasteiger partial charge in [0.1, 0.15) is 5.75 Å². The van der Waals surface area contributed by atoms with Gasteiger partial charge in [-0.1, -0.05) is 43.9 Å². The Morgan fingerprint density at radius 2 is 2.20 bits per heavy atom. The molecular weight excluding hydrogens is 270 g/mol. The number of benzene rings is 1. The van der Waals surface area contributed by atoms with Crippen LogP contribution in [-0.2, 0) is 0 Å². The largest absolute Gasteiger partial charge is 0.492 e. The minimum absolute atomic E-state index is 0.330. The highest BCUT2D eigenvalue weighted by atomic mass is 35.5. The lowest BCUT2D eigenvalue weighted by Gasteiger charge is -2.25. The van der Waals surface area contributed by atoms with Gasteiger partial charge in [0.2, 0.25) is 0 Å². The lowest BCUT2D eigenvalue weighted by Crippen LogP contribution is -2.19. The summed E-state index contributed by atoms with van der Waals surface area (Å²) in [5.41, 5.74) is 1.22. The maximum atomic E-state index is 6.32. The molecule has 1 fully saturated rings. The predicted molar refractivity (Wildman–Crippen MR) is 85.6 cm³/mol. The maximum absolute atomic E-state index is 6.32. The molecule has 112 valence electrons. The molecule has 1 aliphatic carbocycles. The Kier molecular flexibility index (Phi) is 6.18. The van der Waals surface area contributed by atoms with Crippen molar-refractivity contribution in [3.05, 3.63) is 28.8 Å². The number of ether oxygens (including phenoxy) is 1. The zero-order valence-corrected chi connectivity index (χ0v) is 13.4. The summed E-state index contributed by atoms with van der Waals surface area (Å²) >= 11 is 6.32. The van der Waals surface area contributed by atoms with Gasteiger partial charge < -0.3 is 10.1 Å². The van der Waals surface area contributed by atoms with Crippen LogP contribution in [0.1, 0.15) is 57.6 Å². The third-order valence-corrected chi connectivity index (χ3v) is 4.46. The standard InChI is InChI=1S/C17H26ClNO/c1-3-10-19-13(2)15-7-8-17(16(18)12-15)20-11-9-14-5-4-6-14/h7-8,12-14,19H,3-6,9-11H2,1-2H3. The Hall–Kier alpha value is -0.730. The molecule has 1 atom stereocenters. The van der Waals surface area contributed by atoms with Gasteiger partial charge in [-0.3, -0.25) is 0 Å². The third kappa shape index (κ3) is 4.39. The van der Waals surface area contributed by atoms with Crippen LogP contribution in [-0.4, -0.2) is 13.2 Å². The van der Waals surface area contributed by atoms with E-state index in [0.29, 0.717) is 6.04 Å². The molecule has 3 heteroatoms. The molecule has 0 amide bonds. The van der Waals surface area contributed by atoms with Crippen LogP contribution in [0.15, 0.2) is 18.2 Å². The molecule has 0 aliphatic heterocycles. The zero-order chi connectivity index (χ0) is 14.4. The molecule has 1 aromatic carbocycles. The fourth-order valence-corrected chi connectivity index (χ4v) is 2.74. The van der Waals surface area contributed by atoms with Gasteiger partial charge in [0, 0.05) is 6.04 Å². The van der Waals surface area contributed by atoms with Crippen LogP contribution in [0.4, 0.5) is 0 Å². The van der Waals surface area contributed by atoms with E-state index in [-0.39, 0.29) is 0 Å². The van der Waals surface area contributed by atoms with Crippen molar-refractivity contribution < 1.29 is 4.74 Å². The Balaban J connectivity index is 1.84. The fourth-order valence-electron chi connectivity index (χ4n) is 2.50. The number of halogens is 1. The van der Waals surface area contributed by atoms with Crippen LogP contribution in [0.5, 0.6) is 5.75 Å². The first-order valence-electron chi connectivity index (χ1n) is 7.86. The normalized spacial score (nSPS) is 16.8. The van der Waals surface area contributed by atoms with Gasteiger partial charge in [-0.25, -0.2) is 0 Å². The van der Waals surface area contributed by atoms with E-state index in [4.69, 9.17) is 16.3 Å². The first-order valence-corrected chi connectivity index (χ1v) is 8.24. The van der Waals surface area contributed by atoms with E-state index in [1.54, 1.807) is 0 Å². The molecular formula is C17H26ClNO. The molecule has 0 bridgehead atoms. The molecule has 0 saturated heterocycles. The molecule has 1 N–H and O–H groups in total. The molecule has 0 aromatic heterocycles. The monoisotopic (exact) mass is 295 g/mol. The van der Waals surface area contributed by atoms with Crippen LogP contribution in [0.3, 0.4) is 0 Å². The summed E-state index contributed by atoms with van der Waals surface area (Å²) < 4.78 is 5.81. The van der Waals surface area contributed by atoms with Crippen molar-refractivity contribution in [3.8, 4) is 5.75 Å². The second kappa shape index (κ2) is 7.90. The van der Waals surface area contributed by atoms with Gasteiger partial charge in [0.05, 0.1) is 11.6 Å². The summed E-state index contributed by atoms with van der Waals surface area (Å²) in [6, 6.07) is 6.46. The molecule has 0 heterocycles. The van der Waals surface area contributed by atoms with Crippen LogP contribution in [0, 0.1) is 5.92 Å². The van der Waals surface area contributed by atoms with E-state index in [1.807, 2.05) is 12.1 Å². The minimum atomic E-state index is 0.330. The lowest BCUT2D eigenvalue weighted by atomic mass is 9.83. The smallest absolute Gasteiger partial charge is 0.137 e. The highest BCUT2D eigenvalue weighted by Crippen LogP contribution is 2.31. The zero-order valence-electron chi connectivity index (χ0n) is 12.6. The highest BCUT2D eigenvalue weighted by molar-refractivity contribution is 6.32. The average molecular weight is 296 g/mol. The van der Waals surface area contributed by atoms with Gasteiger partial charge in [-0.05, 0) is 49.9 Å². The van der Waals surface area contributed by atoms with E-state index >= 15 is 0 Å².